The molecular weight excluding hydrogens is 246 g/mol. The van der Waals surface area contributed by atoms with E-state index in [1.807, 2.05) is 6.92 Å². The van der Waals surface area contributed by atoms with Crippen molar-refractivity contribution < 1.29 is 14.3 Å². The number of esters is 1. The lowest BCUT2D eigenvalue weighted by atomic mass is 10.1. The van der Waals surface area contributed by atoms with Crippen LogP contribution in [0.5, 0.6) is 0 Å². The molecule has 104 valence electrons. The van der Waals surface area contributed by atoms with Crippen molar-refractivity contribution in [2.24, 2.45) is 5.73 Å². The van der Waals surface area contributed by atoms with Crippen molar-refractivity contribution >= 4 is 23.3 Å². The van der Waals surface area contributed by atoms with Gasteiger partial charge >= 0.3 is 5.97 Å². The molecule has 0 saturated carbocycles. The van der Waals surface area contributed by atoms with E-state index in [1.165, 1.54) is 6.07 Å². The monoisotopic (exact) mass is 265 g/mol. The van der Waals surface area contributed by atoms with Crippen LogP contribution in [0, 0.1) is 0 Å². The summed E-state index contributed by atoms with van der Waals surface area (Å²) in [4.78, 5) is 24.3. The molecule has 1 amide bonds. The van der Waals surface area contributed by atoms with Gasteiger partial charge in [0.1, 0.15) is 0 Å². The fourth-order valence-corrected chi connectivity index (χ4v) is 1.74. The number of carbonyl (C=O) groups excluding carboxylic acids is 2. The van der Waals surface area contributed by atoms with Gasteiger partial charge in [0.25, 0.3) is 0 Å². The minimum absolute atomic E-state index is 0.0828. The topological polar surface area (TPSA) is 98.6 Å². The van der Waals surface area contributed by atoms with Crippen LogP contribution in [0.2, 0.25) is 0 Å². The number of carbonyl (C=O) groups is 2. The number of rotatable bonds is 6. The lowest BCUT2D eigenvalue weighted by Gasteiger charge is -2.23. The van der Waals surface area contributed by atoms with Gasteiger partial charge in [-0.1, -0.05) is 0 Å². The lowest BCUT2D eigenvalue weighted by molar-refractivity contribution is -0.116. The third-order valence-corrected chi connectivity index (χ3v) is 2.61. The predicted molar refractivity (Wildman–Crippen MR) is 73.9 cm³/mol. The first-order chi connectivity index (χ1) is 8.99. The molecule has 0 heterocycles. The molecule has 0 atom stereocenters. The van der Waals surface area contributed by atoms with Crippen molar-refractivity contribution in [2.45, 2.75) is 13.8 Å². The van der Waals surface area contributed by atoms with Crippen molar-refractivity contribution in [2.75, 3.05) is 30.3 Å². The van der Waals surface area contributed by atoms with Gasteiger partial charge in [0.2, 0.25) is 5.91 Å². The Morgan fingerprint density at radius 2 is 2.00 bits per heavy atom. The highest BCUT2D eigenvalue weighted by Crippen LogP contribution is 2.24. The van der Waals surface area contributed by atoms with Crippen molar-refractivity contribution in [3.63, 3.8) is 0 Å². The number of nitrogens with zero attached hydrogens (tertiary/aromatic N) is 1. The number of benzene rings is 1. The Balaban J connectivity index is 2.98. The Hall–Kier alpha value is -2.24. The van der Waals surface area contributed by atoms with Crippen molar-refractivity contribution in [1.82, 2.24) is 0 Å². The average Bonchev–Trinajstić information content (AvgIpc) is 2.36. The van der Waals surface area contributed by atoms with Crippen molar-refractivity contribution in [1.29, 1.82) is 0 Å². The largest absolute Gasteiger partial charge is 0.462 e. The van der Waals surface area contributed by atoms with Crippen LogP contribution in [-0.4, -0.2) is 31.6 Å². The second-order valence-electron chi connectivity index (χ2n) is 3.97. The predicted octanol–water partition coefficient (Wildman–Crippen LogP) is 0.757. The Morgan fingerprint density at radius 1 is 1.32 bits per heavy atom. The summed E-state index contributed by atoms with van der Waals surface area (Å²) in [7, 11) is 0. The zero-order valence-corrected chi connectivity index (χ0v) is 11.2. The molecule has 0 aliphatic heterocycles. The molecule has 19 heavy (non-hydrogen) atoms. The molecule has 0 aliphatic carbocycles. The van der Waals surface area contributed by atoms with Crippen LogP contribution < -0.4 is 16.4 Å². The quantitative estimate of drug-likeness (QED) is 0.584. The summed E-state index contributed by atoms with van der Waals surface area (Å²) in [5, 5.41) is 0. The number of nitrogens with two attached hydrogens (primary N) is 2. The van der Waals surface area contributed by atoms with E-state index < -0.39 is 11.9 Å². The smallest absolute Gasteiger partial charge is 0.338 e. The van der Waals surface area contributed by atoms with Crippen LogP contribution in [0.15, 0.2) is 18.2 Å². The number of ether oxygens (including phenoxy) is 1. The second-order valence-corrected chi connectivity index (χ2v) is 3.97. The van der Waals surface area contributed by atoms with Gasteiger partial charge in [0, 0.05) is 6.54 Å². The molecule has 6 heteroatoms. The highest BCUT2D eigenvalue weighted by molar-refractivity contribution is 5.92. The molecule has 1 aromatic rings. The minimum atomic E-state index is -0.435. The van der Waals surface area contributed by atoms with Crippen LogP contribution >= 0.6 is 0 Å². The number of amides is 1. The van der Waals surface area contributed by atoms with E-state index in [0.717, 1.165) is 0 Å². The van der Waals surface area contributed by atoms with E-state index in [1.54, 1.807) is 24.0 Å². The molecule has 1 rings (SSSR count). The van der Waals surface area contributed by atoms with Gasteiger partial charge in [-0.05, 0) is 32.0 Å². The van der Waals surface area contributed by atoms with Crippen LogP contribution in [0.25, 0.3) is 0 Å². The van der Waals surface area contributed by atoms with E-state index in [2.05, 4.69) is 0 Å². The van der Waals surface area contributed by atoms with Gasteiger partial charge in [-0.25, -0.2) is 4.79 Å². The van der Waals surface area contributed by atoms with Crippen LogP contribution in [0.1, 0.15) is 24.2 Å². The summed E-state index contributed by atoms with van der Waals surface area (Å²) in [5.74, 6) is -0.852. The second kappa shape index (κ2) is 6.63. The van der Waals surface area contributed by atoms with E-state index in [0.29, 0.717) is 30.1 Å². The van der Waals surface area contributed by atoms with Gasteiger partial charge in [-0.2, -0.15) is 0 Å². The highest BCUT2D eigenvalue weighted by Gasteiger charge is 2.13. The third kappa shape index (κ3) is 3.87. The molecule has 0 radical (unpaired) electrons. The number of anilines is 2. The Labute approximate surface area is 112 Å². The van der Waals surface area contributed by atoms with Crippen LogP contribution in [0.4, 0.5) is 11.4 Å². The molecule has 0 fully saturated rings. The average molecular weight is 265 g/mol. The van der Waals surface area contributed by atoms with E-state index >= 15 is 0 Å². The summed E-state index contributed by atoms with van der Waals surface area (Å²) in [6.07, 6.45) is 0. The zero-order chi connectivity index (χ0) is 14.4. The lowest BCUT2D eigenvalue weighted by Crippen LogP contribution is -2.34. The Morgan fingerprint density at radius 3 is 2.47 bits per heavy atom. The first-order valence-electron chi connectivity index (χ1n) is 6.09. The van der Waals surface area contributed by atoms with Crippen LogP contribution in [0.3, 0.4) is 0 Å². The molecular formula is C13H19N3O3. The van der Waals surface area contributed by atoms with E-state index in [-0.39, 0.29) is 6.54 Å². The summed E-state index contributed by atoms with van der Waals surface area (Å²) in [5.41, 5.74) is 12.6. The Kier molecular flexibility index (Phi) is 5.17. The van der Waals surface area contributed by atoms with Gasteiger partial charge in [-0.3, -0.25) is 4.79 Å². The molecule has 6 nitrogen and oxygen atoms in total. The summed E-state index contributed by atoms with van der Waals surface area (Å²) < 4.78 is 4.89. The van der Waals surface area contributed by atoms with Gasteiger partial charge < -0.3 is 21.1 Å². The molecule has 0 bridgehead atoms. The Bertz CT molecular complexity index is 474. The first-order valence-corrected chi connectivity index (χ1v) is 6.09. The SMILES string of the molecule is CCOC(=O)c1ccc(N(CC)CC(N)=O)c(N)c1. The van der Waals surface area contributed by atoms with E-state index in [9.17, 15) is 9.59 Å². The minimum Gasteiger partial charge on any atom is -0.462 e. The van der Waals surface area contributed by atoms with Crippen molar-refractivity contribution in [3.05, 3.63) is 23.8 Å². The third-order valence-electron chi connectivity index (χ3n) is 2.61. The maximum Gasteiger partial charge on any atom is 0.338 e. The van der Waals surface area contributed by atoms with Gasteiger partial charge in [0.15, 0.2) is 0 Å². The van der Waals surface area contributed by atoms with E-state index in [4.69, 9.17) is 16.2 Å². The molecule has 0 unspecified atom stereocenters. The number of nitrogen functional groups attached to an aromatic ring is 1. The van der Waals surface area contributed by atoms with Crippen molar-refractivity contribution in [3.8, 4) is 0 Å². The summed E-state index contributed by atoms with van der Waals surface area (Å²) >= 11 is 0. The van der Waals surface area contributed by atoms with Crippen LogP contribution in [-0.2, 0) is 9.53 Å². The molecule has 0 saturated heterocycles. The zero-order valence-electron chi connectivity index (χ0n) is 11.2. The van der Waals surface area contributed by atoms with Gasteiger partial charge in [0.05, 0.1) is 30.1 Å². The number of hydrogen-bond acceptors (Lipinski definition) is 5. The maximum absolute atomic E-state index is 11.6. The molecule has 0 aliphatic rings. The molecule has 4 N–H and O–H groups in total. The fraction of sp³-hybridized carbons (Fsp3) is 0.385. The summed E-state index contributed by atoms with van der Waals surface area (Å²) in [6.45, 7) is 4.61. The summed E-state index contributed by atoms with van der Waals surface area (Å²) in [6, 6.07) is 4.85. The standard InChI is InChI=1S/C13H19N3O3/c1-3-16(8-12(15)17)11-6-5-9(7-10(11)14)13(18)19-4-2/h5-7H,3-4,8,14H2,1-2H3,(H2,15,17). The number of hydrogen-bond donors (Lipinski definition) is 2. The number of primary amides is 1. The first kappa shape index (κ1) is 14.8. The highest BCUT2D eigenvalue weighted by atomic mass is 16.5. The fourth-order valence-electron chi connectivity index (χ4n) is 1.74. The molecule has 0 aromatic heterocycles. The number of likely N-dealkylation sites (N-methyl/N-ethyl adjacent to an activating group) is 1. The maximum atomic E-state index is 11.6. The van der Waals surface area contributed by atoms with Gasteiger partial charge in [-0.15, -0.1) is 0 Å². The normalized spacial score (nSPS) is 10.0. The molecule has 0 spiro atoms. The molecule has 1 aromatic carbocycles.